The molecule has 3 aromatic heterocycles. The number of nitrogens with zero attached hydrogens (tertiary/aromatic N) is 6. The highest BCUT2D eigenvalue weighted by atomic mass is 16.4. The molecule has 0 aromatic carbocycles. The van der Waals surface area contributed by atoms with Gasteiger partial charge in [-0.3, -0.25) is 4.98 Å². The van der Waals surface area contributed by atoms with E-state index in [1.165, 1.54) is 16.9 Å². The molecule has 1 N–H and O–H groups in total. The van der Waals surface area contributed by atoms with Crippen molar-refractivity contribution in [1.82, 2.24) is 29.7 Å². The molecule has 0 amide bonds. The third-order valence-electron chi connectivity index (χ3n) is 2.68. The van der Waals surface area contributed by atoms with Gasteiger partial charge in [-0.25, -0.2) is 24.4 Å². The first-order chi connectivity index (χ1) is 10.1. The maximum Gasteiger partial charge on any atom is 0.356 e. The number of hydrogen-bond acceptors (Lipinski definition) is 6. The van der Waals surface area contributed by atoms with Crippen LogP contribution in [0.5, 0.6) is 0 Å². The Morgan fingerprint density at radius 2 is 2.14 bits per heavy atom. The van der Waals surface area contributed by atoms with E-state index < -0.39 is 5.97 Å². The van der Waals surface area contributed by atoms with Gasteiger partial charge in [0.2, 0.25) is 0 Å². The number of carbonyl (C=O) groups is 1. The van der Waals surface area contributed by atoms with Crippen molar-refractivity contribution in [3.8, 4) is 17.3 Å². The molecular formula is C13H10N6O2. The summed E-state index contributed by atoms with van der Waals surface area (Å²) in [5.74, 6) is -0.213. The van der Waals surface area contributed by atoms with Crippen molar-refractivity contribution in [2.45, 2.75) is 6.92 Å². The van der Waals surface area contributed by atoms with Crippen molar-refractivity contribution in [2.24, 2.45) is 0 Å². The van der Waals surface area contributed by atoms with Crippen molar-refractivity contribution >= 4 is 5.97 Å². The Balaban J connectivity index is 2.07. The van der Waals surface area contributed by atoms with E-state index in [1.807, 2.05) is 6.92 Å². The van der Waals surface area contributed by atoms with Gasteiger partial charge in [-0.1, -0.05) is 0 Å². The fourth-order valence-corrected chi connectivity index (χ4v) is 1.76. The summed E-state index contributed by atoms with van der Waals surface area (Å²) in [5.41, 5.74) is 1.20. The first-order valence-corrected chi connectivity index (χ1v) is 6.05. The minimum Gasteiger partial charge on any atom is -0.476 e. The Bertz CT molecular complexity index is 799. The van der Waals surface area contributed by atoms with Crippen molar-refractivity contribution in [1.29, 1.82) is 0 Å². The smallest absolute Gasteiger partial charge is 0.356 e. The lowest BCUT2D eigenvalue weighted by Crippen LogP contribution is -2.05. The van der Waals surface area contributed by atoms with Gasteiger partial charge in [0, 0.05) is 30.4 Å². The predicted molar refractivity (Wildman–Crippen MR) is 71.9 cm³/mol. The first kappa shape index (κ1) is 12.9. The Labute approximate surface area is 119 Å². The molecule has 0 fully saturated rings. The largest absolute Gasteiger partial charge is 0.476 e. The van der Waals surface area contributed by atoms with Crippen molar-refractivity contribution < 1.29 is 9.90 Å². The molecule has 8 nitrogen and oxygen atoms in total. The molecule has 21 heavy (non-hydrogen) atoms. The van der Waals surface area contributed by atoms with Crippen molar-refractivity contribution in [3.05, 3.63) is 48.3 Å². The summed E-state index contributed by atoms with van der Waals surface area (Å²) in [4.78, 5) is 27.6. The highest BCUT2D eigenvalue weighted by Crippen LogP contribution is 2.14. The number of rotatable bonds is 3. The summed E-state index contributed by atoms with van der Waals surface area (Å²) in [6.45, 7) is 1.81. The van der Waals surface area contributed by atoms with Crippen LogP contribution in [0.25, 0.3) is 17.3 Å². The maximum absolute atomic E-state index is 10.9. The quantitative estimate of drug-likeness (QED) is 0.767. The lowest BCUT2D eigenvalue weighted by molar-refractivity contribution is 0.0690. The van der Waals surface area contributed by atoms with Gasteiger partial charge in [-0.05, 0) is 13.0 Å². The average molecular weight is 282 g/mol. The molecule has 0 aliphatic carbocycles. The van der Waals surface area contributed by atoms with Gasteiger partial charge >= 0.3 is 5.97 Å². The maximum atomic E-state index is 10.9. The van der Waals surface area contributed by atoms with E-state index in [0.717, 1.165) is 0 Å². The zero-order valence-electron chi connectivity index (χ0n) is 11.0. The molecule has 0 aliphatic rings. The van der Waals surface area contributed by atoms with E-state index in [0.29, 0.717) is 23.0 Å². The molecule has 0 atom stereocenters. The average Bonchev–Trinajstić information content (AvgIpc) is 2.98. The molecule has 104 valence electrons. The summed E-state index contributed by atoms with van der Waals surface area (Å²) in [7, 11) is 0. The van der Waals surface area contributed by atoms with Crippen molar-refractivity contribution in [3.63, 3.8) is 0 Å². The van der Waals surface area contributed by atoms with E-state index in [4.69, 9.17) is 5.11 Å². The third-order valence-corrected chi connectivity index (χ3v) is 2.68. The van der Waals surface area contributed by atoms with Crippen molar-refractivity contribution in [2.75, 3.05) is 0 Å². The van der Waals surface area contributed by atoms with E-state index >= 15 is 0 Å². The van der Waals surface area contributed by atoms with E-state index in [9.17, 15) is 4.79 Å². The molecule has 3 rings (SSSR count). The molecule has 0 spiro atoms. The molecule has 0 bridgehead atoms. The molecule has 8 heteroatoms. The fourth-order valence-electron chi connectivity index (χ4n) is 1.76. The second-order valence-corrected chi connectivity index (χ2v) is 4.23. The van der Waals surface area contributed by atoms with Gasteiger partial charge in [0.1, 0.15) is 5.69 Å². The third kappa shape index (κ3) is 2.59. The van der Waals surface area contributed by atoms with Gasteiger partial charge in [0.25, 0.3) is 0 Å². The number of aromatic nitrogens is 6. The SMILES string of the molecule is Cc1cc(-n2ccc(C(=O)O)n2)nc(-c2cnccn2)n1. The van der Waals surface area contributed by atoms with Crippen LogP contribution >= 0.6 is 0 Å². The minimum absolute atomic E-state index is 0.0488. The minimum atomic E-state index is -1.09. The molecule has 3 aromatic rings. The molecule has 0 saturated heterocycles. The van der Waals surface area contributed by atoms with Gasteiger partial charge < -0.3 is 5.11 Å². The van der Waals surface area contributed by atoms with Crippen LogP contribution in [-0.2, 0) is 0 Å². The lowest BCUT2D eigenvalue weighted by Gasteiger charge is -2.05. The highest BCUT2D eigenvalue weighted by Gasteiger charge is 2.11. The lowest BCUT2D eigenvalue weighted by atomic mass is 10.3. The van der Waals surface area contributed by atoms with Crippen LogP contribution in [0.15, 0.2) is 36.9 Å². The molecular weight excluding hydrogens is 272 g/mol. The summed E-state index contributed by atoms with van der Waals surface area (Å²) in [6, 6.07) is 3.11. The van der Waals surface area contributed by atoms with Crippen LogP contribution in [0.2, 0.25) is 0 Å². The summed E-state index contributed by atoms with van der Waals surface area (Å²) in [6.07, 6.45) is 6.21. The van der Waals surface area contributed by atoms with E-state index in [1.54, 1.807) is 24.7 Å². The Morgan fingerprint density at radius 1 is 1.29 bits per heavy atom. The number of aryl methyl sites for hydroxylation is 1. The Hall–Kier alpha value is -3.16. The number of hydrogen-bond donors (Lipinski definition) is 1. The fraction of sp³-hybridized carbons (Fsp3) is 0.0769. The monoisotopic (exact) mass is 282 g/mol. The normalized spacial score (nSPS) is 10.5. The summed E-state index contributed by atoms with van der Waals surface area (Å²) < 4.78 is 1.39. The van der Waals surface area contributed by atoms with Gasteiger partial charge in [-0.2, -0.15) is 5.10 Å². The van der Waals surface area contributed by atoms with Crippen LogP contribution in [0.3, 0.4) is 0 Å². The second-order valence-electron chi connectivity index (χ2n) is 4.23. The summed E-state index contributed by atoms with van der Waals surface area (Å²) >= 11 is 0. The predicted octanol–water partition coefficient (Wildman–Crippen LogP) is 1.13. The molecule has 0 aliphatic heterocycles. The van der Waals surface area contributed by atoms with Gasteiger partial charge in [-0.15, -0.1) is 0 Å². The highest BCUT2D eigenvalue weighted by molar-refractivity contribution is 5.85. The standard InChI is InChI=1S/C13H10N6O2/c1-8-6-11(19-5-2-9(18-19)13(20)21)17-12(16-8)10-7-14-3-4-15-10/h2-7H,1H3,(H,20,21). The number of carboxylic acid groups (broad SMARTS) is 1. The van der Waals surface area contributed by atoms with Gasteiger partial charge in [0.15, 0.2) is 17.3 Å². The molecule has 0 unspecified atom stereocenters. The van der Waals surface area contributed by atoms with Gasteiger partial charge in [0.05, 0.1) is 6.20 Å². The Kier molecular flexibility index (Phi) is 3.11. The number of carboxylic acids is 1. The molecule has 3 heterocycles. The molecule has 0 radical (unpaired) electrons. The van der Waals surface area contributed by atoms with Crippen LogP contribution in [-0.4, -0.2) is 40.8 Å². The molecule has 0 saturated carbocycles. The topological polar surface area (TPSA) is 107 Å². The zero-order chi connectivity index (χ0) is 14.8. The van der Waals surface area contributed by atoms with Crippen LogP contribution < -0.4 is 0 Å². The first-order valence-electron chi connectivity index (χ1n) is 6.05. The second kappa shape index (κ2) is 5.08. The van der Waals surface area contributed by atoms with Crippen LogP contribution in [0, 0.1) is 6.92 Å². The summed E-state index contributed by atoms with van der Waals surface area (Å²) in [5, 5.41) is 12.9. The van der Waals surface area contributed by atoms with Crippen LogP contribution in [0.1, 0.15) is 16.2 Å². The van der Waals surface area contributed by atoms with E-state index in [-0.39, 0.29) is 5.69 Å². The Morgan fingerprint density at radius 3 is 2.81 bits per heavy atom. The van der Waals surface area contributed by atoms with Crippen LogP contribution in [0.4, 0.5) is 0 Å². The zero-order valence-corrected chi connectivity index (χ0v) is 11.0. The van der Waals surface area contributed by atoms with E-state index in [2.05, 4.69) is 25.0 Å². The number of aromatic carboxylic acids is 1.